The quantitative estimate of drug-likeness (QED) is 0.0239. The summed E-state index contributed by atoms with van der Waals surface area (Å²) in [5, 5.41) is 43.1. The topological polar surface area (TPSA) is 206 Å². The molecule has 5 heterocycles. The molecule has 8 rings (SSSR count). The predicted octanol–water partition coefficient (Wildman–Crippen LogP) is 7.44. The van der Waals surface area contributed by atoms with Gasteiger partial charge in [-0.25, -0.2) is 4.79 Å². The van der Waals surface area contributed by atoms with Crippen LogP contribution in [-0.4, -0.2) is 60.8 Å². The number of aliphatic hydroxyl groups is 1. The van der Waals surface area contributed by atoms with Gasteiger partial charge in [0.2, 0.25) is 0 Å². The molecule has 7 N–H and O–H groups in total. The summed E-state index contributed by atoms with van der Waals surface area (Å²) in [4.78, 5) is 39.8. The molecule has 324 valence electrons. The fourth-order valence-electron chi connectivity index (χ4n) is 9.26. The van der Waals surface area contributed by atoms with Crippen LogP contribution < -0.4 is 26.8 Å². The first-order valence-corrected chi connectivity index (χ1v) is 21.2. The molecule has 3 aromatic carbocycles. The number of nitrogens with two attached hydrogens (primary N) is 1. The Morgan fingerprint density at radius 3 is 2.53 bits per heavy atom. The monoisotopic (exact) mass is 843 g/mol. The van der Waals surface area contributed by atoms with Crippen LogP contribution in [0.5, 0.6) is 17.2 Å². The fourth-order valence-corrected chi connectivity index (χ4v) is 9.26. The zero-order valence-corrected chi connectivity index (χ0v) is 35.4. The molecule has 2 atom stereocenters. The lowest BCUT2D eigenvalue weighted by molar-refractivity contribution is -0.129. The molecule has 0 saturated carbocycles. The number of phenols is 2. The molecule has 0 aliphatic carbocycles. The van der Waals surface area contributed by atoms with Crippen molar-refractivity contribution in [3.05, 3.63) is 116 Å². The van der Waals surface area contributed by atoms with E-state index < -0.39 is 6.10 Å². The van der Waals surface area contributed by atoms with Crippen LogP contribution in [0.25, 0.3) is 16.5 Å². The van der Waals surface area contributed by atoms with Crippen molar-refractivity contribution >= 4 is 46.3 Å². The van der Waals surface area contributed by atoms with E-state index in [0.29, 0.717) is 60.9 Å². The van der Waals surface area contributed by atoms with E-state index in [2.05, 4.69) is 39.5 Å². The van der Waals surface area contributed by atoms with E-state index in [9.17, 15) is 29.7 Å². The first-order valence-electron chi connectivity index (χ1n) is 21.2. The minimum atomic E-state index is -0.925. The maximum Gasteiger partial charge on any atom is 0.415 e. The smallest absolute Gasteiger partial charge is 0.415 e. The number of amidine groups is 1. The average Bonchev–Trinajstić information content (AvgIpc) is 3.84. The number of amides is 1. The number of ether oxygens (including phenoxy) is 2. The van der Waals surface area contributed by atoms with Gasteiger partial charge in [0.25, 0.3) is 12.0 Å². The van der Waals surface area contributed by atoms with E-state index >= 15 is 0 Å². The van der Waals surface area contributed by atoms with Crippen LogP contribution in [0.15, 0.2) is 82.3 Å². The van der Waals surface area contributed by atoms with Crippen molar-refractivity contribution in [3.63, 3.8) is 0 Å². The molecule has 62 heavy (non-hydrogen) atoms. The molecule has 0 radical (unpaired) electrons. The van der Waals surface area contributed by atoms with Crippen molar-refractivity contribution in [1.82, 2.24) is 14.0 Å². The van der Waals surface area contributed by atoms with Gasteiger partial charge in [-0.2, -0.15) is 5.10 Å². The van der Waals surface area contributed by atoms with Gasteiger partial charge in [-0.05, 0) is 121 Å². The number of aromatic nitrogens is 2. The van der Waals surface area contributed by atoms with E-state index in [1.807, 2.05) is 50.2 Å². The zero-order valence-electron chi connectivity index (χ0n) is 35.4. The number of likely N-dealkylation sites (tertiary alicyclic amines) is 1. The Kier molecular flexibility index (Phi) is 11.7. The predicted molar refractivity (Wildman–Crippen MR) is 237 cm³/mol. The number of allylic oxidation sites excluding steroid dienone is 1. The van der Waals surface area contributed by atoms with Crippen LogP contribution in [0.4, 0.5) is 16.2 Å². The molecule has 2 unspecified atom stereocenters. The second-order valence-electron chi connectivity index (χ2n) is 16.7. The van der Waals surface area contributed by atoms with Crippen molar-refractivity contribution in [2.45, 2.75) is 91.1 Å². The third-order valence-corrected chi connectivity index (χ3v) is 12.6. The molecule has 0 spiro atoms. The average molecular weight is 844 g/mol. The standard InChI is InChI=1S/C47H53N7O8/c1-5-32-35-19-31(7-8-39(35)50-44-37(32)23-54-41(44)21-34(27(4)56)38(46(54)59)24-61-25-55)62-47(60)53-15-11-28(12-16-53)10-14-52-17-13-29-18-30(6-9-40(29)52)49-45(51-48)36-20-33(26(2)3)42(57)22-43(36)58/h6-9,13,17-22,25-28,44,50,56-58H,5,10-12,14-16,23-24,48H2,1-4H3,(H,49,51). The highest BCUT2D eigenvalue weighted by molar-refractivity contribution is 6.10. The molecule has 3 aliphatic heterocycles. The normalized spacial score (nSPS) is 16.8. The van der Waals surface area contributed by atoms with Crippen LogP contribution in [-0.2, 0) is 29.2 Å². The summed E-state index contributed by atoms with van der Waals surface area (Å²) < 4.78 is 14.8. The molecule has 2 aromatic heterocycles. The van der Waals surface area contributed by atoms with Crippen molar-refractivity contribution in [3.8, 4) is 17.2 Å². The summed E-state index contributed by atoms with van der Waals surface area (Å²) in [5.74, 6) is 6.85. The number of hydrogen-bond acceptors (Lipinski definition) is 11. The number of anilines is 2. The highest BCUT2D eigenvalue weighted by atomic mass is 16.6. The Bertz CT molecular complexity index is 2670. The number of carbonyl (C=O) groups is 2. The molecule has 1 amide bonds. The van der Waals surface area contributed by atoms with Crippen LogP contribution in [0.3, 0.4) is 0 Å². The third kappa shape index (κ3) is 7.95. The number of phenolic OH excluding ortho intramolecular Hbond substituents is 2. The Morgan fingerprint density at radius 2 is 1.82 bits per heavy atom. The van der Waals surface area contributed by atoms with Gasteiger partial charge in [0.15, 0.2) is 5.84 Å². The van der Waals surface area contributed by atoms with Gasteiger partial charge in [-0.1, -0.05) is 20.8 Å². The minimum Gasteiger partial charge on any atom is -0.508 e. The molecule has 1 saturated heterocycles. The number of aryl methyl sites for hydroxylation is 1. The van der Waals surface area contributed by atoms with E-state index in [4.69, 9.17) is 15.3 Å². The maximum atomic E-state index is 13.6. The first kappa shape index (κ1) is 42.0. The Hall–Kier alpha value is -6.74. The van der Waals surface area contributed by atoms with E-state index in [0.717, 1.165) is 70.5 Å². The van der Waals surface area contributed by atoms with E-state index in [-0.39, 0.29) is 53.1 Å². The van der Waals surface area contributed by atoms with Crippen LogP contribution in [0.2, 0.25) is 0 Å². The number of nitrogens with one attached hydrogen (secondary N) is 2. The highest BCUT2D eigenvalue weighted by Crippen LogP contribution is 2.47. The minimum absolute atomic E-state index is 0.0189. The van der Waals surface area contributed by atoms with E-state index in [1.165, 1.54) is 6.07 Å². The highest BCUT2D eigenvalue weighted by Gasteiger charge is 2.37. The Morgan fingerprint density at radius 1 is 1.03 bits per heavy atom. The van der Waals surface area contributed by atoms with E-state index in [1.54, 1.807) is 28.5 Å². The van der Waals surface area contributed by atoms with Crippen LogP contribution in [0, 0.1) is 5.92 Å². The summed E-state index contributed by atoms with van der Waals surface area (Å²) in [6, 6.07) is 18.2. The van der Waals surface area contributed by atoms with Crippen molar-refractivity contribution in [1.29, 1.82) is 0 Å². The summed E-state index contributed by atoms with van der Waals surface area (Å²) >= 11 is 0. The summed E-state index contributed by atoms with van der Waals surface area (Å²) in [5.41, 5.74) is 7.91. The maximum absolute atomic E-state index is 13.6. The molecule has 15 nitrogen and oxygen atoms in total. The number of pyridine rings is 1. The van der Waals surface area contributed by atoms with Gasteiger partial charge >= 0.3 is 6.09 Å². The number of piperidine rings is 1. The number of fused-ring (bicyclic) bond motifs is 5. The third-order valence-electron chi connectivity index (χ3n) is 12.6. The van der Waals surface area contributed by atoms with Crippen molar-refractivity contribution in [2.24, 2.45) is 16.9 Å². The number of nitrogens with zero attached hydrogens (tertiary/aromatic N) is 4. The molecule has 15 heteroatoms. The lowest BCUT2D eigenvalue weighted by atomic mass is 9.88. The van der Waals surface area contributed by atoms with Gasteiger partial charge in [0.05, 0.1) is 23.3 Å². The number of aromatic hydroxyl groups is 2. The van der Waals surface area contributed by atoms with Gasteiger partial charge in [-0.15, -0.1) is 0 Å². The second kappa shape index (κ2) is 17.3. The molecule has 0 bridgehead atoms. The van der Waals surface area contributed by atoms with Crippen molar-refractivity contribution in [2.75, 3.05) is 23.7 Å². The van der Waals surface area contributed by atoms with Crippen molar-refractivity contribution < 1.29 is 34.4 Å². The van der Waals surface area contributed by atoms with Gasteiger partial charge in [0.1, 0.15) is 23.9 Å². The summed E-state index contributed by atoms with van der Waals surface area (Å²) in [6.07, 6.45) is 4.17. The zero-order chi connectivity index (χ0) is 43.8. The fraction of sp³-hybridized carbons (Fsp3) is 0.362. The van der Waals surface area contributed by atoms with Crippen LogP contribution in [0.1, 0.15) is 105 Å². The molecule has 5 aromatic rings. The molecular formula is C47H53N7O8. The number of hydrogen-bond donors (Lipinski definition) is 6. The largest absolute Gasteiger partial charge is 0.508 e. The second-order valence-corrected chi connectivity index (χ2v) is 16.7. The number of hydrazone groups is 1. The Labute approximate surface area is 359 Å². The molecular weight excluding hydrogens is 791 g/mol. The number of carbonyl (C=O) groups excluding carboxylic acids is 2. The van der Waals surface area contributed by atoms with Gasteiger partial charge in [-0.3, -0.25) is 9.59 Å². The van der Waals surface area contributed by atoms with Crippen LogP contribution >= 0.6 is 0 Å². The number of benzene rings is 3. The lowest BCUT2D eigenvalue weighted by Crippen LogP contribution is -2.40. The Balaban J connectivity index is 0.874. The number of aliphatic hydroxyl groups excluding tert-OH is 1. The molecule has 3 aliphatic rings. The number of rotatable bonds is 12. The summed E-state index contributed by atoms with van der Waals surface area (Å²) in [6.45, 7) is 10.0. The lowest BCUT2D eigenvalue weighted by Gasteiger charge is -2.31. The molecule has 1 fully saturated rings. The van der Waals surface area contributed by atoms with Gasteiger partial charge < -0.3 is 55.3 Å². The van der Waals surface area contributed by atoms with Gasteiger partial charge in [0, 0.05) is 72.0 Å². The summed E-state index contributed by atoms with van der Waals surface area (Å²) in [7, 11) is 0. The first-order chi connectivity index (χ1) is 29.9. The SMILES string of the molecule is CCC1=C2Cn3c(cc(C(C)O)c(COC=O)c3=O)C2Nc2ccc(OC(=O)N3CCC(CCn4ccc5cc(N/C(=N\N)c6cc(C(C)C)c(O)cc6O)ccc54)CC3)cc21.